The van der Waals surface area contributed by atoms with Crippen LogP contribution in [0.4, 0.5) is 10.1 Å². The first-order valence-corrected chi connectivity index (χ1v) is 6.75. The van der Waals surface area contributed by atoms with E-state index in [0.717, 1.165) is 5.56 Å². The Morgan fingerprint density at radius 3 is 2.72 bits per heavy atom. The van der Waals surface area contributed by atoms with Crippen LogP contribution in [-0.2, 0) is 6.54 Å². The summed E-state index contributed by atoms with van der Waals surface area (Å²) in [5, 5.41) is 2.02. The van der Waals surface area contributed by atoms with Crippen molar-refractivity contribution in [2.45, 2.75) is 19.5 Å². The lowest BCUT2D eigenvalue weighted by molar-refractivity contribution is 0.616. The molecule has 96 valence electrons. The Labute approximate surface area is 111 Å². The second-order valence-electron chi connectivity index (χ2n) is 4.40. The number of para-hydroxylation sites is 1. The summed E-state index contributed by atoms with van der Waals surface area (Å²) in [5.74, 6) is -0.219. The fourth-order valence-corrected chi connectivity index (χ4v) is 2.77. The van der Waals surface area contributed by atoms with Crippen molar-refractivity contribution in [3.63, 3.8) is 0 Å². The predicted octanol–water partition coefficient (Wildman–Crippen LogP) is 3.54. The minimum Gasteiger partial charge on any atom is -0.367 e. The average molecular weight is 264 g/mol. The zero-order valence-electron chi connectivity index (χ0n) is 10.6. The molecule has 1 aromatic carbocycles. The number of halogens is 1. The third-order valence-corrected chi connectivity index (χ3v) is 3.72. The van der Waals surface area contributed by atoms with Crippen LogP contribution in [0.25, 0.3) is 0 Å². The number of thiophene rings is 1. The van der Waals surface area contributed by atoms with E-state index in [4.69, 9.17) is 5.73 Å². The Kier molecular flexibility index (Phi) is 3.99. The molecule has 0 amide bonds. The molecule has 0 aliphatic rings. The van der Waals surface area contributed by atoms with Gasteiger partial charge in [0.05, 0.1) is 12.2 Å². The van der Waals surface area contributed by atoms with Gasteiger partial charge < -0.3 is 10.6 Å². The lowest BCUT2D eigenvalue weighted by Gasteiger charge is -2.24. The topological polar surface area (TPSA) is 29.3 Å². The molecule has 0 saturated carbocycles. The number of rotatable bonds is 4. The van der Waals surface area contributed by atoms with Gasteiger partial charge in [-0.15, -0.1) is 11.3 Å². The van der Waals surface area contributed by atoms with Crippen molar-refractivity contribution in [2.75, 3.05) is 11.9 Å². The molecule has 0 spiro atoms. The van der Waals surface area contributed by atoms with Crippen LogP contribution in [0.1, 0.15) is 23.4 Å². The van der Waals surface area contributed by atoms with Crippen molar-refractivity contribution in [3.8, 4) is 0 Å². The zero-order chi connectivity index (χ0) is 13.1. The van der Waals surface area contributed by atoms with Crippen molar-refractivity contribution in [3.05, 3.63) is 52.0 Å². The maximum absolute atomic E-state index is 14.0. The number of anilines is 1. The van der Waals surface area contributed by atoms with E-state index in [0.29, 0.717) is 12.2 Å². The number of benzene rings is 1. The maximum atomic E-state index is 14.0. The largest absolute Gasteiger partial charge is 0.367 e. The van der Waals surface area contributed by atoms with Crippen LogP contribution in [0.3, 0.4) is 0 Å². The Hall–Kier alpha value is -1.39. The molecule has 0 fully saturated rings. The lowest BCUT2D eigenvalue weighted by atomic mass is 10.1. The molecule has 2 rings (SSSR count). The van der Waals surface area contributed by atoms with Crippen LogP contribution in [-0.4, -0.2) is 7.05 Å². The molecule has 4 heteroatoms. The Balaban J connectivity index is 2.31. The van der Waals surface area contributed by atoms with E-state index in [-0.39, 0.29) is 11.9 Å². The van der Waals surface area contributed by atoms with Crippen LogP contribution in [0.15, 0.2) is 35.7 Å². The molecule has 0 aliphatic carbocycles. The van der Waals surface area contributed by atoms with E-state index in [2.05, 4.69) is 0 Å². The van der Waals surface area contributed by atoms with Crippen LogP contribution in [0, 0.1) is 5.82 Å². The van der Waals surface area contributed by atoms with Gasteiger partial charge in [-0.2, -0.15) is 0 Å². The summed E-state index contributed by atoms with van der Waals surface area (Å²) >= 11 is 1.67. The molecule has 0 bridgehead atoms. The van der Waals surface area contributed by atoms with Crippen molar-refractivity contribution in [1.82, 2.24) is 0 Å². The highest BCUT2D eigenvalue weighted by Crippen LogP contribution is 2.29. The quantitative estimate of drug-likeness (QED) is 0.915. The molecular formula is C14H17FN2S. The third-order valence-electron chi connectivity index (χ3n) is 2.86. The minimum absolute atomic E-state index is 0.179. The highest BCUT2D eigenvalue weighted by Gasteiger charge is 2.15. The van der Waals surface area contributed by atoms with Gasteiger partial charge in [0.15, 0.2) is 0 Å². The van der Waals surface area contributed by atoms with Gasteiger partial charge in [0, 0.05) is 18.0 Å². The molecule has 0 saturated heterocycles. The number of hydrogen-bond donors (Lipinski definition) is 1. The van der Waals surface area contributed by atoms with Crippen LogP contribution < -0.4 is 10.6 Å². The Bertz CT molecular complexity index is 509. The number of nitrogens with two attached hydrogens (primary N) is 1. The molecule has 0 aliphatic heterocycles. The van der Waals surface area contributed by atoms with E-state index in [9.17, 15) is 4.39 Å². The monoisotopic (exact) mass is 264 g/mol. The summed E-state index contributed by atoms with van der Waals surface area (Å²) in [4.78, 5) is 3.12. The van der Waals surface area contributed by atoms with Gasteiger partial charge in [-0.25, -0.2) is 4.39 Å². The van der Waals surface area contributed by atoms with Gasteiger partial charge in [0.2, 0.25) is 0 Å². The van der Waals surface area contributed by atoms with E-state index < -0.39 is 0 Å². The molecule has 2 N–H and O–H groups in total. The number of hydrogen-bond acceptors (Lipinski definition) is 3. The van der Waals surface area contributed by atoms with Gasteiger partial charge in [-0.3, -0.25) is 0 Å². The van der Waals surface area contributed by atoms with Crippen molar-refractivity contribution in [2.24, 2.45) is 5.73 Å². The molecular weight excluding hydrogens is 247 g/mol. The van der Waals surface area contributed by atoms with Crippen LogP contribution in [0.2, 0.25) is 0 Å². The Morgan fingerprint density at radius 1 is 1.33 bits per heavy atom. The van der Waals surface area contributed by atoms with Crippen LogP contribution >= 0.6 is 11.3 Å². The summed E-state index contributed by atoms with van der Waals surface area (Å²) in [7, 11) is 1.89. The summed E-state index contributed by atoms with van der Waals surface area (Å²) in [6, 6.07) is 8.94. The molecule has 1 aromatic heterocycles. The molecule has 1 heterocycles. The maximum Gasteiger partial charge on any atom is 0.146 e. The first-order valence-electron chi connectivity index (χ1n) is 5.87. The minimum atomic E-state index is -0.219. The molecule has 2 aromatic rings. The molecule has 2 nitrogen and oxygen atoms in total. The molecule has 0 radical (unpaired) electrons. The van der Waals surface area contributed by atoms with E-state index in [1.165, 1.54) is 10.9 Å². The van der Waals surface area contributed by atoms with Gasteiger partial charge in [-0.05, 0) is 30.0 Å². The first kappa shape index (κ1) is 13.1. The SMILES string of the molecule is C[C@H](N)c1cccc(F)c1N(C)Cc1cccs1. The van der Waals surface area contributed by atoms with Crippen molar-refractivity contribution < 1.29 is 4.39 Å². The normalized spacial score (nSPS) is 12.4. The summed E-state index contributed by atoms with van der Waals surface area (Å²) in [5.41, 5.74) is 7.34. The zero-order valence-corrected chi connectivity index (χ0v) is 11.4. The molecule has 18 heavy (non-hydrogen) atoms. The van der Waals surface area contributed by atoms with Crippen molar-refractivity contribution in [1.29, 1.82) is 0 Å². The van der Waals surface area contributed by atoms with E-state index in [1.807, 2.05) is 42.5 Å². The van der Waals surface area contributed by atoms with Crippen LogP contribution in [0.5, 0.6) is 0 Å². The first-order chi connectivity index (χ1) is 8.59. The second-order valence-corrected chi connectivity index (χ2v) is 5.43. The lowest BCUT2D eigenvalue weighted by Crippen LogP contribution is -2.21. The Morgan fingerprint density at radius 2 is 2.11 bits per heavy atom. The molecule has 1 atom stereocenters. The van der Waals surface area contributed by atoms with Gasteiger partial charge >= 0.3 is 0 Å². The summed E-state index contributed by atoms with van der Waals surface area (Å²) < 4.78 is 14.0. The fraction of sp³-hybridized carbons (Fsp3) is 0.286. The smallest absolute Gasteiger partial charge is 0.146 e. The number of nitrogens with zero attached hydrogens (tertiary/aromatic N) is 1. The fourth-order valence-electron chi connectivity index (χ4n) is 2.02. The standard InChI is InChI=1S/C14H17FN2S/c1-10(16)12-6-3-7-13(15)14(12)17(2)9-11-5-4-8-18-11/h3-8,10H,9,16H2,1-2H3/t10-/m0/s1. The average Bonchev–Trinajstić information content (AvgIpc) is 2.81. The third kappa shape index (κ3) is 2.71. The summed E-state index contributed by atoms with van der Waals surface area (Å²) in [6.45, 7) is 2.57. The highest BCUT2D eigenvalue weighted by atomic mass is 32.1. The van der Waals surface area contributed by atoms with E-state index >= 15 is 0 Å². The molecule has 0 unspecified atom stereocenters. The van der Waals surface area contributed by atoms with E-state index in [1.54, 1.807) is 17.4 Å². The van der Waals surface area contributed by atoms with Gasteiger partial charge in [0.1, 0.15) is 5.82 Å². The second kappa shape index (κ2) is 5.50. The highest BCUT2D eigenvalue weighted by molar-refractivity contribution is 7.09. The van der Waals surface area contributed by atoms with Crippen molar-refractivity contribution >= 4 is 17.0 Å². The predicted molar refractivity (Wildman–Crippen MR) is 75.4 cm³/mol. The van der Waals surface area contributed by atoms with Gasteiger partial charge in [-0.1, -0.05) is 18.2 Å². The van der Waals surface area contributed by atoms with Gasteiger partial charge in [0.25, 0.3) is 0 Å². The summed E-state index contributed by atoms with van der Waals surface area (Å²) in [6.07, 6.45) is 0.